The van der Waals surface area contributed by atoms with Crippen molar-refractivity contribution in [2.75, 3.05) is 27.3 Å². The van der Waals surface area contributed by atoms with Gasteiger partial charge in [-0.05, 0) is 36.7 Å². The van der Waals surface area contributed by atoms with Gasteiger partial charge in [0.15, 0.2) is 16.1 Å². The molecule has 0 amide bonds. The van der Waals surface area contributed by atoms with Gasteiger partial charge in [-0.25, -0.2) is 0 Å². The van der Waals surface area contributed by atoms with Crippen LogP contribution in [0.4, 0.5) is 0 Å². The van der Waals surface area contributed by atoms with E-state index in [9.17, 15) is 4.79 Å². The molecule has 118 valence electrons. The molecule has 1 fully saturated rings. The van der Waals surface area contributed by atoms with Crippen LogP contribution in [0.2, 0.25) is 0 Å². The third-order valence-corrected chi connectivity index (χ3v) is 3.83. The zero-order valence-corrected chi connectivity index (χ0v) is 13.7. The Labute approximate surface area is 134 Å². The standard InChI is InChI=1S/C15H19N3O3S/c1-10(19)9-17-15-18-14(22-15)16-7-6-11-4-5-12(20-2)8-13(11)21-3/h4-5,8H,6-7,9H2,1-3H3,(H,16,17,18). The van der Waals surface area contributed by atoms with Crippen molar-refractivity contribution in [1.82, 2.24) is 5.32 Å². The summed E-state index contributed by atoms with van der Waals surface area (Å²) in [5.74, 6) is 1.62. The highest BCUT2D eigenvalue weighted by atomic mass is 32.2. The van der Waals surface area contributed by atoms with Crippen molar-refractivity contribution in [2.45, 2.75) is 13.3 Å². The molecule has 0 radical (unpaired) electrons. The lowest BCUT2D eigenvalue weighted by atomic mass is 10.1. The predicted molar refractivity (Wildman–Crippen MR) is 89.3 cm³/mol. The second kappa shape index (κ2) is 7.84. The van der Waals surface area contributed by atoms with E-state index in [1.165, 1.54) is 18.7 Å². The normalized spacial score (nSPS) is 17.0. The van der Waals surface area contributed by atoms with E-state index < -0.39 is 0 Å². The van der Waals surface area contributed by atoms with E-state index in [0.717, 1.165) is 33.8 Å². The second-order valence-corrected chi connectivity index (χ2v) is 5.64. The van der Waals surface area contributed by atoms with E-state index in [-0.39, 0.29) is 12.3 Å². The van der Waals surface area contributed by atoms with Gasteiger partial charge in [0.1, 0.15) is 18.0 Å². The summed E-state index contributed by atoms with van der Waals surface area (Å²) in [6.07, 6.45) is 0.777. The van der Waals surface area contributed by atoms with E-state index in [1.54, 1.807) is 14.2 Å². The largest absolute Gasteiger partial charge is 0.497 e. The Balaban J connectivity index is 1.84. The highest BCUT2D eigenvalue weighted by molar-refractivity contribution is 8.29. The summed E-state index contributed by atoms with van der Waals surface area (Å²) in [5.41, 5.74) is 1.09. The maximum Gasteiger partial charge on any atom is 0.170 e. The highest BCUT2D eigenvalue weighted by Crippen LogP contribution is 2.25. The smallest absolute Gasteiger partial charge is 0.170 e. The lowest BCUT2D eigenvalue weighted by molar-refractivity contribution is -0.115. The highest BCUT2D eigenvalue weighted by Gasteiger charge is 2.19. The van der Waals surface area contributed by atoms with Crippen LogP contribution in [-0.2, 0) is 11.2 Å². The fourth-order valence-corrected chi connectivity index (χ4v) is 2.46. The van der Waals surface area contributed by atoms with Gasteiger partial charge in [-0.1, -0.05) is 6.07 Å². The van der Waals surface area contributed by atoms with Crippen LogP contribution < -0.4 is 14.8 Å². The SMILES string of the molecule is COc1ccc(CCN=C2NC(=NCC(C)=O)S2)c(OC)c1. The number of amidine groups is 2. The van der Waals surface area contributed by atoms with Crippen LogP contribution in [0, 0.1) is 0 Å². The first-order valence-corrected chi connectivity index (χ1v) is 7.68. The van der Waals surface area contributed by atoms with Crippen LogP contribution in [0.3, 0.4) is 0 Å². The van der Waals surface area contributed by atoms with Gasteiger partial charge in [0.05, 0.1) is 14.2 Å². The number of ether oxygens (including phenoxy) is 2. The van der Waals surface area contributed by atoms with Gasteiger partial charge in [-0.3, -0.25) is 14.8 Å². The van der Waals surface area contributed by atoms with Crippen molar-refractivity contribution in [2.24, 2.45) is 9.98 Å². The number of nitrogens with one attached hydrogen (secondary N) is 1. The molecule has 1 aromatic rings. The Morgan fingerprint density at radius 1 is 1.23 bits per heavy atom. The number of aliphatic imine (C=N–C) groups is 2. The van der Waals surface area contributed by atoms with E-state index in [1.807, 2.05) is 18.2 Å². The molecule has 1 aliphatic heterocycles. The van der Waals surface area contributed by atoms with Gasteiger partial charge in [0, 0.05) is 12.6 Å². The number of carbonyl (C=O) groups excluding carboxylic acids is 1. The zero-order chi connectivity index (χ0) is 15.9. The Bertz CT molecular complexity index is 604. The minimum absolute atomic E-state index is 0.0480. The van der Waals surface area contributed by atoms with Crippen molar-refractivity contribution >= 4 is 27.9 Å². The number of thioether (sulfide) groups is 1. The molecule has 7 heteroatoms. The fraction of sp³-hybridized carbons (Fsp3) is 0.400. The molecule has 0 atom stereocenters. The van der Waals surface area contributed by atoms with Gasteiger partial charge >= 0.3 is 0 Å². The summed E-state index contributed by atoms with van der Waals surface area (Å²) < 4.78 is 10.5. The number of carbonyl (C=O) groups is 1. The van der Waals surface area contributed by atoms with Crippen LogP contribution in [0.15, 0.2) is 28.2 Å². The predicted octanol–water partition coefficient (Wildman–Crippen LogP) is 1.88. The topological polar surface area (TPSA) is 72.3 Å². The Morgan fingerprint density at radius 2 is 1.95 bits per heavy atom. The number of Topliss-reactive ketones (excluding diaryl/α,β-unsaturated/α-hetero) is 1. The minimum atomic E-state index is 0.0480. The molecule has 0 unspecified atom stereocenters. The van der Waals surface area contributed by atoms with Crippen molar-refractivity contribution in [3.63, 3.8) is 0 Å². The van der Waals surface area contributed by atoms with Crippen LogP contribution in [0.1, 0.15) is 12.5 Å². The van der Waals surface area contributed by atoms with Crippen molar-refractivity contribution in [3.05, 3.63) is 23.8 Å². The average Bonchev–Trinajstić information content (AvgIpc) is 2.48. The van der Waals surface area contributed by atoms with Crippen molar-refractivity contribution < 1.29 is 14.3 Å². The summed E-state index contributed by atoms with van der Waals surface area (Å²) in [7, 11) is 3.27. The third kappa shape index (κ3) is 4.49. The first kappa shape index (κ1) is 16.4. The summed E-state index contributed by atoms with van der Waals surface area (Å²) in [6.45, 7) is 2.38. The molecular formula is C15H19N3O3S. The molecule has 0 aromatic heterocycles. The van der Waals surface area contributed by atoms with E-state index in [0.29, 0.717) is 6.54 Å². The monoisotopic (exact) mass is 321 g/mol. The van der Waals surface area contributed by atoms with Crippen LogP contribution in [0.25, 0.3) is 0 Å². The average molecular weight is 321 g/mol. The second-order valence-electron chi connectivity index (χ2n) is 4.67. The van der Waals surface area contributed by atoms with Crippen LogP contribution >= 0.6 is 11.8 Å². The number of nitrogens with zero attached hydrogens (tertiary/aromatic N) is 2. The number of hydrogen-bond donors (Lipinski definition) is 1. The molecule has 2 rings (SSSR count). The van der Waals surface area contributed by atoms with Gasteiger partial charge in [-0.15, -0.1) is 0 Å². The first-order valence-electron chi connectivity index (χ1n) is 6.86. The maximum absolute atomic E-state index is 10.8. The van der Waals surface area contributed by atoms with Crippen molar-refractivity contribution in [1.29, 1.82) is 0 Å². The molecule has 1 saturated heterocycles. The van der Waals surface area contributed by atoms with Gasteiger partial charge in [0.2, 0.25) is 0 Å². The summed E-state index contributed by atoms with van der Waals surface area (Å²) in [5, 5.41) is 4.60. The Kier molecular flexibility index (Phi) is 5.83. The third-order valence-electron chi connectivity index (χ3n) is 2.98. The molecule has 0 aliphatic carbocycles. The van der Waals surface area contributed by atoms with Gasteiger partial charge in [0.25, 0.3) is 0 Å². The minimum Gasteiger partial charge on any atom is -0.497 e. The lowest BCUT2D eigenvalue weighted by Gasteiger charge is -2.19. The summed E-state index contributed by atoms with van der Waals surface area (Å²) in [6, 6.07) is 5.76. The quantitative estimate of drug-likeness (QED) is 0.830. The molecule has 6 nitrogen and oxygen atoms in total. The number of benzene rings is 1. The molecule has 1 aliphatic rings. The van der Waals surface area contributed by atoms with E-state index in [2.05, 4.69) is 15.3 Å². The summed E-state index contributed by atoms with van der Waals surface area (Å²) in [4.78, 5) is 19.3. The van der Waals surface area contributed by atoms with Gasteiger partial charge in [-0.2, -0.15) is 0 Å². The Morgan fingerprint density at radius 3 is 2.59 bits per heavy atom. The molecular weight excluding hydrogens is 302 g/mol. The molecule has 1 heterocycles. The lowest BCUT2D eigenvalue weighted by Crippen LogP contribution is -2.39. The Hall–Kier alpha value is -2.02. The molecule has 1 aromatic carbocycles. The number of ketones is 1. The molecule has 0 spiro atoms. The molecule has 0 saturated carbocycles. The molecule has 1 N–H and O–H groups in total. The number of methoxy groups -OCH3 is 2. The van der Waals surface area contributed by atoms with Gasteiger partial charge < -0.3 is 14.8 Å². The van der Waals surface area contributed by atoms with Crippen molar-refractivity contribution in [3.8, 4) is 11.5 Å². The van der Waals surface area contributed by atoms with E-state index >= 15 is 0 Å². The first-order chi connectivity index (χ1) is 10.6. The zero-order valence-electron chi connectivity index (χ0n) is 12.9. The number of hydrogen-bond acceptors (Lipinski definition) is 6. The molecule has 0 bridgehead atoms. The number of rotatable bonds is 7. The fourth-order valence-electron chi connectivity index (χ4n) is 1.85. The van der Waals surface area contributed by atoms with E-state index in [4.69, 9.17) is 9.47 Å². The van der Waals surface area contributed by atoms with Crippen LogP contribution in [0.5, 0.6) is 11.5 Å². The molecule has 22 heavy (non-hydrogen) atoms. The maximum atomic E-state index is 10.8. The van der Waals surface area contributed by atoms with Crippen LogP contribution in [-0.4, -0.2) is 43.4 Å². The summed E-state index contributed by atoms with van der Waals surface area (Å²) >= 11 is 1.45.